The average molecular weight is 301 g/mol. The molecule has 0 aliphatic carbocycles. The maximum Gasteiger partial charge on any atom is 0.251 e. The number of anilines is 1. The number of aliphatic hydroxyl groups is 1. The van der Waals surface area contributed by atoms with E-state index in [0.29, 0.717) is 12.2 Å². The Hall–Kier alpha value is -1.57. The number of carbonyl (C=O) groups excluding carboxylic acids is 1. The second kappa shape index (κ2) is 9.38. The molecule has 21 heavy (non-hydrogen) atoms. The van der Waals surface area contributed by atoms with Crippen LogP contribution in [0.1, 0.15) is 12.0 Å². The van der Waals surface area contributed by atoms with E-state index < -0.39 is 13.0 Å². The summed E-state index contributed by atoms with van der Waals surface area (Å²) in [5, 5.41) is 11.5. The number of benzene rings is 1. The van der Waals surface area contributed by atoms with Gasteiger partial charge in [0.15, 0.2) is 0 Å². The maximum atomic E-state index is 12.3. The third-order valence-electron chi connectivity index (χ3n) is 2.98. The van der Waals surface area contributed by atoms with Gasteiger partial charge in [0, 0.05) is 31.7 Å². The van der Waals surface area contributed by atoms with E-state index in [4.69, 9.17) is 10.8 Å². The van der Waals surface area contributed by atoms with Crippen LogP contribution in [0, 0.1) is 0 Å². The number of hydrogen-bond acceptors (Lipinski definition) is 4. The molecule has 0 fully saturated rings. The van der Waals surface area contributed by atoms with E-state index in [1.807, 2.05) is 12.1 Å². The van der Waals surface area contributed by atoms with Gasteiger partial charge >= 0.3 is 0 Å². The molecule has 0 bridgehead atoms. The first-order valence-electron chi connectivity index (χ1n) is 6.76. The molecule has 118 valence electrons. The number of nitrogens with two attached hydrogens (primary N) is 1. The van der Waals surface area contributed by atoms with E-state index in [-0.39, 0.29) is 32.0 Å². The Balaban J connectivity index is 2.48. The molecule has 0 aliphatic heterocycles. The van der Waals surface area contributed by atoms with Crippen molar-refractivity contribution in [1.29, 1.82) is 0 Å². The van der Waals surface area contributed by atoms with E-state index in [0.717, 1.165) is 5.56 Å². The lowest BCUT2D eigenvalue weighted by Crippen LogP contribution is -2.34. The van der Waals surface area contributed by atoms with Gasteiger partial charge in [-0.25, -0.2) is 8.78 Å². The second-order valence-electron chi connectivity index (χ2n) is 4.57. The van der Waals surface area contributed by atoms with Crippen LogP contribution in [0.3, 0.4) is 0 Å². The third-order valence-corrected chi connectivity index (χ3v) is 2.98. The molecule has 1 amide bonds. The fourth-order valence-corrected chi connectivity index (χ4v) is 1.92. The number of hydrogen-bond donors (Lipinski definition) is 3. The predicted octanol–water partition coefficient (Wildman–Crippen LogP) is 1.03. The van der Waals surface area contributed by atoms with Crippen LogP contribution < -0.4 is 11.1 Å². The minimum absolute atomic E-state index is 0.0750. The van der Waals surface area contributed by atoms with Gasteiger partial charge in [-0.05, 0) is 11.6 Å². The van der Waals surface area contributed by atoms with Crippen molar-refractivity contribution in [3.05, 3.63) is 29.8 Å². The van der Waals surface area contributed by atoms with E-state index in [1.165, 1.54) is 4.90 Å². The second-order valence-corrected chi connectivity index (χ2v) is 4.57. The standard InChI is InChI=1S/C14H21F2N3O2/c15-13(16)10-19(7-8-20)6-5-14(21)18-12-4-2-1-3-11(12)9-17/h1-4,13,20H,5-10,17H2,(H,18,21). The quantitative estimate of drug-likeness (QED) is 0.636. The first-order valence-corrected chi connectivity index (χ1v) is 6.76. The summed E-state index contributed by atoms with van der Waals surface area (Å²) < 4.78 is 24.7. The van der Waals surface area contributed by atoms with Crippen LogP contribution in [0.4, 0.5) is 14.5 Å². The van der Waals surface area contributed by atoms with Crippen molar-refractivity contribution in [2.24, 2.45) is 5.73 Å². The number of nitrogens with one attached hydrogen (secondary N) is 1. The van der Waals surface area contributed by atoms with Crippen LogP contribution in [0.5, 0.6) is 0 Å². The highest BCUT2D eigenvalue weighted by molar-refractivity contribution is 5.91. The molecule has 0 heterocycles. The lowest BCUT2D eigenvalue weighted by molar-refractivity contribution is -0.116. The number of amides is 1. The van der Waals surface area contributed by atoms with Crippen molar-refractivity contribution < 1.29 is 18.7 Å². The minimum atomic E-state index is -2.49. The molecule has 1 aromatic rings. The van der Waals surface area contributed by atoms with Gasteiger partial charge in [-0.2, -0.15) is 0 Å². The van der Waals surface area contributed by atoms with Gasteiger partial charge < -0.3 is 16.2 Å². The van der Waals surface area contributed by atoms with E-state index in [9.17, 15) is 13.6 Å². The van der Waals surface area contributed by atoms with E-state index in [2.05, 4.69) is 5.32 Å². The van der Waals surface area contributed by atoms with Crippen LogP contribution in [0.15, 0.2) is 24.3 Å². The summed E-state index contributed by atoms with van der Waals surface area (Å²) in [6.07, 6.45) is -2.41. The maximum absolute atomic E-state index is 12.3. The van der Waals surface area contributed by atoms with Crippen LogP contribution in [-0.4, -0.2) is 48.6 Å². The fourth-order valence-electron chi connectivity index (χ4n) is 1.92. The number of alkyl halides is 2. The number of para-hydroxylation sites is 1. The molecule has 1 rings (SSSR count). The average Bonchev–Trinajstić information content (AvgIpc) is 2.45. The molecule has 0 spiro atoms. The molecule has 0 saturated heterocycles. The van der Waals surface area contributed by atoms with Crippen molar-refractivity contribution >= 4 is 11.6 Å². The molecule has 1 aromatic carbocycles. The largest absolute Gasteiger partial charge is 0.395 e. The van der Waals surface area contributed by atoms with Gasteiger partial charge in [0.05, 0.1) is 13.2 Å². The summed E-state index contributed by atoms with van der Waals surface area (Å²) in [7, 11) is 0. The summed E-state index contributed by atoms with van der Waals surface area (Å²) in [6.45, 7) is -0.0748. The Morgan fingerprint density at radius 3 is 2.67 bits per heavy atom. The van der Waals surface area contributed by atoms with Crippen LogP contribution >= 0.6 is 0 Å². The Morgan fingerprint density at radius 1 is 1.33 bits per heavy atom. The van der Waals surface area contributed by atoms with Gasteiger partial charge in [0.2, 0.25) is 5.91 Å². The minimum Gasteiger partial charge on any atom is -0.395 e. The van der Waals surface area contributed by atoms with E-state index >= 15 is 0 Å². The lowest BCUT2D eigenvalue weighted by atomic mass is 10.1. The molecule has 0 atom stereocenters. The molecule has 0 saturated carbocycles. The number of nitrogens with zero attached hydrogens (tertiary/aromatic N) is 1. The van der Waals surface area contributed by atoms with Crippen molar-refractivity contribution in [2.45, 2.75) is 19.4 Å². The highest BCUT2D eigenvalue weighted by atomic mass is 19.3. The first-order chi connectivity index (χ1) is 10.1. The zero-order valence-electron chi connectivity index (χ0n) is 11.8. The van der Waals surface area contributed by atoms with Crippen molar-refractivity contribution in [1.82, 2.24) is 4.90 Å². The summed E-state index contributed by atoms with van der Waals surface area (Å²) in [5.41, 5.74) is 7.02. The highest BCUT2D eigenvalue weighted by Gasteiger charge is 2.13. The zero-order valence-corrected chi connectivity index (χ0v) is 11.8. The molecule has 0 aromatic heterocycles. The molecule has 0 aliphatic rings. The number of carbonyl (C=O) groups is 1. The number of aliphatic hydroxyl groups excluding tert-OH is 1. The first kappa shape index (κ1) is 17.5. The smallest absolute Gasteiger partial charge is 0.251 e. The molecule has 0 unspecified atom stereocenters. The highest BCUT2D eigenvalue weighted by Crippen LogP contribution is 2.14. The summed E-state index contributed by atoms with van der Waals surface area (Å²) in [6, 6.07) is 7.16. The SMILES string of the molecule is NCc1ccccc1NC(=O)CCN(CCO)CC(F)F. The molecule has 5 nitrogen and oxygen atoms in total. The van der Waals surface area contributed by atoms with Gasteiger partial charge in [0.1, 0.15) is 0 Å². The van der Waals surface area contributed by atoms with Crippen molar-refractivity contribution in [2.75, 3.05) is 31.6 Å². The van der Waals surface area contributed by atoms with Crippen LogP contribution in [-0.2, 0) is 11.3 Å². The molecule has 0 radical (unpaired) electrons. The van der Waals surface area contributed by atoms with Crippen LogP contribution in [0.2, 0.25) is 0 Å². The normalized spacial score (nSPS) is 11.1. The monoisotopic (exact) mass is 301 g/mol. The third kappa shape index (κ3) is 6.61. The summed E-state index contributed by atoms with van der Waals surface area (Å²) in [5.74, 6) is -0.270. The Morgan fingerprint density at radius 2 is 2.05 bits per heavy atom. The Bertz CT molecular complexity index is 444. The molecule has 7 heteroatoms. The summed E-state index contributed by atoms with van der Waals surface area (Å²) >= 11 is 0. The Labute approximate surface area is 122 Å². The summed E-state index contributed by atoms with van der Waals surface area (Å²) in [4.78, 5) is 13.2. The number of rotatable bonds is 9. The zero-order chi connectivity index (χ0) is 15.7. The molecular weight excluding hydrogens is 280 g/mol. The fraction of sp³-hybridized carbons (Fsp3) is 0.500. The van der Waals surface area contributed by atoms with Gasteiger partial charge in [-0.1, -0.05) is 18.2 Å². The van der Waals surface area contributed by atoms with Crippen molar-refractivity contribution in [3.63, 3.8) is 0 Å². The van der Waals surface area contributed by atoms with E-state index in [1.54, 1.807) is 12.1 Å². The lowest BCUT2D eigenvalue weighted by Gasteiger charge is -2.20. The predicted molar refractivity (Wildman–Crippen MR) is 77.1 cm³/mol. The van der Waals surface area contributed by atoms with Crippen LogP contribution in [0.25, 0.3) is 0 Å². The van der Waals surface area contributed by atoms with Gasteiger partial charge in [-0.3, -0.25) is 9.69 Å². The number of halogens is 2. The topological polar surface area (TPSA) is 78.6 Å². The Kier molecular flexibility index (Phi) is 7.81. The van der Waals surface area contributed by atoms with Gasteiger partial charge in [-0.15, -0.1) is 0 Å². The van der Waals surface area contributed by atoms with Crippen molar-refractivity contribution in [3.8, 4) is 0 Å². The molecule has 4 N–H and O–H groups in total. The van der Waals surface area contributed by atoms with Gasteiger partial charge in [0.25, 0.3) is 6.43 Å². The molecular formula is C14H21F2N3O2.